The van der Waals surface area contributed by atoms with E-state index in [1.165, 1.54) is 22.5 Å². The molecule has 9 heteroatoms. The number of piperidine rings is 1. The summed E-state index contributed by atoms with van der Waals surface area (Å²) in [7, 11) is -3.57. The standard InChI is InChI=1S/C13H17N3O5S/c14-13(17)11-4-6-15(7-5-11)22(20,21)9-10-2-1-3-12(8-10)16(18)19/h1-3,8,11H,4-7,9H2,(H2,14,17). The molecule has 120 valence electrons. The van der Waals surface area contributed by atoms with Gasteiger partial charge in [-0.1, -0.05) is 12.1 Å². The van der Waals surface area contributed by atoms with E-state index in [1.54, 1.807) is 6.07 Å². The molecule has 0 atom stereocenters. The van der Waals surface area contributed by atoms with Crippen molar-refractivity contribution >= 4 is 21.6 Å². The number of nitro groups is 1. The van der Waals surface area contributed by atoms with Gasteiger partial charge in [-0.3, -0.25) is 14.9 Å². The summed E-state index contributed by atoms with van der Waals surface area (Å²) >= 11 is 0. The van der Waals surface area contributed by atoms with Crippen LogP contribution in [0.5, 0.6) is 0 Å². The summed E-state index contributed by atoms with van der Waals surface area (Å²) in [6, 6.07) is 5.57. The van der Waals surface area contributed by atoms with Crippen LogP contribution in [0.1, 0.15) is 18.4 Å². The summed E-state index contributed by atoms with van der Waals surface area (Å²) in [5.74, 6) is -0.990. The maximum absolute atomic E-state index is 12.4. The number of carbonyl (C=O) groups is 1. The lowest BCUT2D eigenvalue weighted by Gasteiger charge is -2.29. The smallest absolute Gasteiger partial charge is 0.269 e. The Morgan fingerprint density at radius 1 is 1.36 bits per heavy atom. The van der Waals surface area contributed by atoms with Crippen LogP contribution in [0.2, 0.25) is 0 Å². The molecule has 1 fully saturated rings. The molecule has 1 aromatic rings. The Morgan fingerprint density at radius 3 is 2.55 bits per heavy atom. The Labute approximate surface area is 128 Å². The van der Waals surface area contributed by atoms with Gasteiger partial charge in [0.1, 0.15) is 0 Å². The van der Waals surface area contributed by atoms with Crippen LogP contribution in [0.15, 0.2) is 24.3 Å². The number of rotatable bonds is 5. The second-order valence-electron chi connectivity index (χ2n) is 5.26. The first-order chi connectivity index (χ1) is 10.3. The Balaban J connectivity index is 2.07. The minimum atomic E-state index is -3.57. The minimum Gasteiger partial charge on any atom is -0.369 e. The predicted molar refractivity (Wildman–Crippen MR) is 79.2 cm³/mol. The zero-order chi connectivity index (χ0) is 16.3. The average molecular weight is 327 g/mol. The zero-order valence-corrected chi connectivity index (χ0v) is 12.7. The fourth-order valence-corrected chi connectivity index (χ4v) is 4.03. The zero-order valence-electron chi connectivity index (χ0n) is 11.8. The van der Waals surface area contributed by atoms with Gasteiger partial charge in [-0.15, -0.1) is 0 Å². The molecular formula is C13H17N3O5S. The number of hydrogen-bond donors (Lipinski definition) is 1. The van der Waals surface area contributed by atoms with Crippen molar-refractivity contribution in [1.29, 1.82) is 0 Å². The van der Waals surface area contributed by atoms with Crippen molar-refractivity contribution in [2.24, 2.45) is 11.7 Å². The number of carbonyl (C=O) groups excluding carboxylic acids is 1. The molecule has 22 heavy (non-hydrogen) atoms. The molecule has 8 nitrogen and oxygen atoms in total. The minimum absolute atomic E-state index is 0.139. The van der Waals surface area contributed by atoms with Crippen LogP contribution in [0.25, 0.3) is 0 Å². The van der Waals surface area contributed by atoms with Crippen molar-refractivity contribution in [2.75, 3.05) is 13.1 Å². The van der Waals surface area contributed by atoms with Gasteiger partial charge in [0.15, 0.2) is 0 Å². The van der Waals surface area contributed by atoms with Crippen LogP contribution in [-0.4, -0.2) is 36.6 Å². The van der Waals surface area contributed by atoms with Gasteiger partial charge in [-0.05, 0) is 18.4 Å². The number of sulfonamides is 1. The lowest BCUT2D eigenvalue weighted by Crippen LogP contribution is -2.42. The molecule has 1 heterocycles. The number of nitrogens with two attached hydrogens (primary N) is 1. The molecule has 1 aromatic carbocycles. The van der Waals surface area contributed by atoms with Crippen molar-refractivity contribution < 1.29 is 18.1 Å². The fraction of sp³-hybridized carbons (Fsp3) is 0.462. The van der Waals surface area contributed by atoms with Crippen LogP contribution >= 0.6 is 0 Å². The highest BCUT2D eigenvalue weighted by atomic mass is 32.2. The number of amides is 1. The number of primary amides is 1. The Morgan fingerprint density at radius 2 is 2.00 bits per heavy atom. The van der Waals surface area contributed by atoms with Gasteiger partial charge in [0.25, 0.3) is 5.69 Å². The first-order valence-corrected chi connectivity index (χ1v) is 8.41. The SMILES string of the molecule is NC(=O)C1CCN(S(=O)(=O)Cc2cccc([N+](=O)[O-])c2)CC1. The van der Waals surface area contributed by atoms with Gasteiger partial charge >= 0.3 is 0 Å². The van der Waals surface area contributed by atoms with E-state index < -0.39 is 20.9 Å². The van der Waals surface area contributed by atoms with Crippen molar-refractivity contribution in [3.63, 3.8) is 0 Å². The first-order valence-electron chi connectivity index (χ1n) is 6.80. The molecule has 0 unspecified atom stereocenters. The summed E-state index contributed by atoms with van der Waals surface area (Å²) in [6.45, 7) is 0.482. The number of hydrogen-bond acceptors (Lipinski definition) is 5. The molecule has 1 amide bonds. The normalized spacial score (nSPS) is 17.3. The fourth-order valence-electron chi connectivity index (χ4n) is 2.48. The molecule has 0 bridgehead atoms. The molecule has 0 spiro atoms. The number of non-ortho nitro benzene ring substituents is 1. The quantitative estimate of drug-likeness (QED) is 0.627. The summed E-state index contributed by atoms with van der Waals surface area (Å²) in [4.78, 5) is 21.3. The monoisotopic (exact) mass is 327 g/mol. The molecular weight excluding hydrogens is 310 g/mol. The van der Waals surface area contributed by atoms with Crippen LogP contribution in [0.3, 0.4) is 0 Å². The highest BCUT2D eigenvalue weighted by Crippen LogP contribution is 2.22. The van der Waals surface area contributed by atoms with Crippen molar-refractivity contribution in [1.82, 2.24) is 4.31 Å². The predicted octanol–water partition coefficient (Wildman–Crippen LogP) is 0.622. The van der Waals surface area contributed by atoms with Crippen molar-refractivity contribution in [2.45, 2.75) is 18.6 Å². The molecule has 1 saturated heterocycles. The lowest BCUT2D eigenvalue weighted by molar-refractivity contribution is -0.384. The van der Waals surface area contributed by atoms with E-state index in [1.807, 2.05) is 0 Å². The van der Waals surface area contributed by atoms with Gasteiger partial charge in [-0.25, -0.2) is 12.7 Å². The van der Waals surface area contributed by atoms with E-state index >= 15 is 0 Å². The van der Waals surface area contributed by atoms with E-state index in [0.717, 1.165) is 0 Å². The van der Waals surface area contributed by atoms with E-state index in [9.17, 15) is 23.3 Å². The molecule has 1 aliphatic rings. The molecule has 0 radical (unpaired) electrons. The van der Waals surface area contributed by atoms with E-state index in [0.29, 0.717) is 18.4 Å². The van der Waals surface area contributed by atoms with Crippen molar-refractivity contribution in [3.8, 4) is 0 Å². The third-order valence-corrected chi connectivity index (χ3v) is 5.57. The molecule has 0 aromatic heterocycles. The largest absolute Gasteiger partial charge is 0.369 e. The Hall–Kier alpha value is -2.00. The summed E-state index contributed by atoms with van der Waals surface area (Å²) in [5, 5.41) is 10.7. The van der Waals surface area contributed by atoms with Gasteiger partial charge in [0.05, 0.1) is 10.7 Å². The van der Waals surface area contributed by atoms with Crippen LogP contribution in [0, 0.1) is 16.0 Å². The number of nitrogens with zero attached hydrogens (tertiary/aromatic N) is 2. The maximum Gasteiger partial charge on any atom is 0.269 e. The third kappa shape index (κ3) is 3.80. The van der Waals surface area contributed by atoms with Gasteiger partial charge in [-0.2, -0.15) is 0 Å². The Kier molecular flexibility index (Phi) is 4.77. The van der Waals surface area contributed by atoms with Crippen LogP contribution in [0.4, 0.5) is 5.69 Å². The molecule has 0 saturated carbocycles. The lowest BCUT2D eigenvalue weighted by atomic mass is 9.98. The average Bonchev–Trinajstić information content (AvgIpc) is 2.47. The maximum atomic E-state index is 12.4. The third-order valence-electron chi connectivity index (χ3n) is 3.72. The summed E-state index contributed by atoms with van der Waals surface area (Å²) in [6.07, 6.45) is 0.813. The highest BCUT2D eigenvalue weighted by molar-refractivity contribution is 7.88. The van der Waals surface area contributed by atoms with Gasteiger partial charge in [0.2, 0.25) is 15.9 Å². The summed E-state index contributed by atoms with van der Waals surface area (Å²) < 4.78 is 26.0. The second-order valence-corrected chi connectivity index (χ2v) is 7.23. The molecule has 2 rings (SSSR count). The molecule has 0 aliphatic carbocycles. The number of benzene rings is 1. The van der Waals surface area contributed by atoms with Crippen molar-refractivity contribution in [3.05, 3.63) is 39.9 Å². The van der Waals surface area contributed by atoms with Crippen LogP contribution in [-0.2, 0) is 20.6 Å². The van der Waals surface area contributed by atoms with E-state index in [2.05, 4.69) is 0 Å². The van der Waals surface area contributed by atoms with Gasteiger partial charge in [0, 0.05) is 31.1 Å². The summed E-state index contributed by atoms with van der Waals surface area (Å²) in [5.41, 5.74) is 5.45. The molecule has 2 N–H and O–H groups in total. The second kappa shape index (κ2) is 6.41. The van der Waals surface area contributed by atoms with Crippen LogP contribution < -0.4 is 5.73 Å². The number of nitro benzene ring substituents is 1. The Bertz CT molecular complexity index is 681. The molecule has 1 aliphatic heterocycles. The van der Waals surface area contributed by atoms with E-state index in [4.69, 9.17) is 5.73 Å². The topological polar surface area (TPSA) is 124 Å². The van der Waals surface area contributed by atoms with E-state index in [-0.39, 0.29) is 30.4 Å². The first kappa shape index (κ1) is 16.4. The van der Waals surface area contributed by atoms with Gasteiger partial charge < -0.3 is 5.73 Å². The highest BCUT2D eigenvalue weighted by Gasteiger charge is 2.30.